The third-order valence-electron chi connectivity index (χ3n) is 3.31. The zero-order chi connectivity index (χ0) is 17.2. The Morgan fingerprint density at radius 3 is 2.46 bits per heavy atom. The molecule has 0 unspecified atom stereocenters. The van der Waals surface area contributed by atoms with Gasteiger partial charge < -0.3 is 5.32 Å². The quantitative estimate of drug-likeness (QED) is 0.764. The maximum atomic E-state index is 12.5. The van der Waals surface area contributed by atoms with Crippen LogP contribution in [-0.4, -0.2) is 25.6 Å². The van der Waals surface area contributed by atoms with Gasteiger partial charge in [0.15, 0.2) is 0 Å². The van der Waals surface area contributed by atoms with E-state index in [1.807, 2.05) is 30.3 Å². The molecule has 7 heteroatoms. The first kappa shape index (κ1) is 15.9. The fourth-order valence-corrected chi connectivity index (χ4v) is 2.87. The van der Waals surface area contributed by atoms with E-state index < -0.39 is 15.9 Å². The van der Waals surface area contributed by atoms with Crippen LogP contribution in [0.1, 0.15) is 10.4 Å². The van der Waals surface area contributed by atoms with Crippen LogP contribution in [0.5, 0.6) is 0 Å². The van der Waals surface area contributed by atoms with Crippen LogP contribution in [0.3, 0.4) is 0 Å². The minimum absolute atomic E-state index is 0.220. The molecule has 122 valence electrons. The zero-order valence-corrected chi connectivity index (χ0v) is 13.7. The topological polar surface area (TPSA) is 88.2 Å². The van der Waals surface area contributed by atoms with Crippen LogP contribution in [0.15, 0.2) is 60.7 Å². The molecule has 2 N–H and O–H groups in total. The summed E-state index contributed by atoms with van der Waals surface area (Å²) in [6, 6.07) is 17.5. The molecule has 0 atom stereocenters. The summed E-state index contributed by atoms with van der Waals surface area (Å²) in [4.78, 5) is 16.8. The number of nitrogens with zero attached hydrogens (tertiary/aromatic N) is 1. The zero-order valence-electron chi connectivity index (χ0n) is 12.9. The number of benzene rings is 2. The number of rotatable bonds is 4. The van der Waals surface area contributed by atoms with Crippen LogP contribution in [0.25, 0.3) is 10.9 Å². The van der Waals surface area contributed by atoms with Gasteiger partial charge in [-0.3, -0.25) is 9.52 Å². The lowest BCUT2D eigenvalue weighted by molar-refractivity contribution is 0.102. The second kappa shape index (κ2) is 6.29. The van der Waals surface area contributed by atoms with Crippen molar-refractivity contribution in [3.63, 3.8) is 0 Å². The van der Waals surface area contributed by atoms with Crippen LogP contribution in [0.4, 0.5) is 11.5 Å². The van der Waals surface area contributed by atoms with Gasteiger partial charge in [-0.2, -0.15) is 0 Å². The molecule has 3 aromatic rings. The average molecular weight is 341 g/mol. The summed E-state index contributed by atoms with van der Waals surface area (Å²) < 4.78 is 25.2. The summed E-state index contributed by atoms with van der Waals surface area (Å²) in [5.41, 5.74) is 1.20. The van der Waals surface area contributed by atoms with Crippen molar-refractivity contribution in [1.29, 1.82) is 0 Å². The number of aromatic nitrogens is 1. The van der Waals surface area contributed by atoms with Crippen LogP contribution in [0.2, 0.25) is 0 Å². The molecule has 0 saturated carbocycles. The molecular weight excluding hydrogens is 326 g/mol. The van der Waals surface area contributed by atoms with E-state index in [9.17, 15) is 13.2 Å². The molecule has 2 aromatic carbocycles. The smallest absolute Gasteiger partial charge is 0.258 e. The molecule has 0 aliphatic heterocycles. The van der Waals surface area contributed by atoms with Crippen LogP contribution < -0.4 is 10.0 Å². The number of anilines is 2. The average Bonchev–Trinajstić information content (AvgIpc) is 2.53. The Bertz CT molecular complexity index is 1020. The lowest BCUT2D eigenvalue weighted by Crippen LogP contribution is -2.17. The van der Waals surface area contributed by atoms with Gasteiger partial charge in [-0.1, -0.05) is 30.3 Å². The van der Waals surface area contributed by atoms with Gasteiger partial charge in [0.1, 0.15) is 5.82 Å². The Hall–Kier alpha value is -2.93. The van der Waals surface area contributed by atoms with E-state index in [1.165, 1.54) is 6.07 Å². The Balaban J connectivity index is 1.89. The molecule has 0 radical (unpaired) electrons. The number of sulfonamides is 1. The molecule has 0 aliphatic rings. The first-order valence-corrected chi connectivity index (χ1v) is 9.05. The van der Waals surface area contributed by atoms with Gasteiger partial charge in [-0.15, -0.1) is 0 Å². The van der Waals surface area contributed by atoms with Gasteiger partial charge in [0.05, 0.1) is 23.0 Å². The van der Waals surface area contributed by atoms with E-state index >= 15 is 0 Å². The molecule has 1 aromatic heterocycles. The minimum atomic E-state index is -3.48. The van der Waals surface area contributed by atoms with Crippen molar-refractivity contribution in [2.75, 3.05) is 16.3 Å². The number of hydrogen-bond donors (Lipinski definition) is 2. The van der Waals surface area contributed by atoms with Crippen molar-refractivity contribution in [2.45, 2.75) is 0 Å². The predicted molar refractivity (Wildman–Crippen MR) is 94.6 cm³/mol. The Labute approximate surface area is 139 Å². The molecule has 0 fully saturated rings. The molecule has 3 rings (SSSR count). The molecule has 1 amide bonds. The highest BCUT2D eigenvalue weighted by molar-refractivity contribution is 7.92. The van der Waals surface area contributed by atoms with Crippen molar-refractivity contribution in [3.8, 4) is 0 Å². The number of carbonyl (C=O) groups excluding carboxylic acids is 1. The number of para-hydroxylation sites is 2. The van der Waals surface area contributed by atoms with Crippen LogP contribution in [-0.2, 0) is 10.0 Å². The molecule has 0 bridgehead atoms. The number of amides is 1. The lowest BCUT2D eigenvalue weighted by atomic mass is 10.1. The van der Waals surface area contributed by atoms with Gasteiger partial charge >= 0.3 is 0 Å². The fraction of sp³-hybridized carbons (Fsp3) is 0.0588. The first-order valence-electron chi connectivity index (χ1n) is 7.16. The van der Waals surface area contributed by atoms with E-state index in [4.69, 9.17) is 0 Å². The van der Waals surface area contributed by atoms with Gasteiger partial charge in [0.2, 0.25) is 10.0 Å². The summed E-state index contributed by atoms with van der Waals surface area (Å²) in [6.45, 7) is 0. The van der Waals surface area contributed by atoms with E-state index in [-0.39, 0.29) is 11.3 Å². The third kappa shape index (κ3) is 3.69. The highest BCUT2D eigenvalue weighted by Gasteiger charge is 2.14. The highest BCUT2D eigenvalue weighted by atomic mass is 32.2. The monoisotopic (exact) mass is 341 g/mol. The summed E-state index contributed by atoms with van der Waals surface area (Å²) in [5, 5.41) is 3.66. The predicted octanol–water partition coefficient (Wildman–Crippen LogP) is 2.86. The maximum absolute atomic E-state index is 12.5. The van der Waals surface area contributed by atoms with E-state index in [1.54, 1.807) is 24.3 Å². The van der Waals surface area contributed by atoms with Gasteiger partial charge in [0, 0.05) is 5.39 Å². The van der Waals surface area contributed by atoms with Crippen molar-refractivity contribution in [1.82, 2.24) is 4.98 Å². The first-order chi connectivity index (χ1) is 11.4. The second-order valence-electron chi connectivity index (χ2n) is 5.26. The Kier molecular flexibility index (Phi) is 4.18. The van der Waals surface area contributed by atoms with E-state index in [2.05, 4.69) is 15.0 Å². The molecule has 0 saturated heterocycles. The van der Waals surface area contributed by atoms with Crippen molar-refractivity contribution in [3.05, 3.63) is 66.2 Å². The molecule has 1 heterocycles. The van der Waals surface area contributed by atoms with E-state index in [0.717, 1.165) is 17.2 Å². The van der Waals surface area contributed by atoms with Crippen molar-refractivity contribution in [2.24, 2.45) is 0 Å². The molecule has 0 aliphatic carbocycles. The number of fused-ring (bicyclic) bond motifs is 1. The standard InChI is InChI=1S/C17H15N3O3S/c1-24(22,23)20-15-9-5-3-7-13(15)17(21)19-16-11-10-12-6-2-4-8-14(12)18-16/h2-11,20H,1H3,(H,18,19,21). The summed E-state index contributed by atoms with van der Waals surface area (Å²) in [5.74, 6) is -0.0441. The number of hydrogen-bond acceptors (Lipinski definition) is 4. The van der Waals surface area contributed by atoms with Crippen molar-refractivity contribution >= 4 is 38.3 Å². The SMILES string of the molecule is CS(=O)(=O)Nc1ccccc1C(=O)Nc1ccc2ccccc2n1. The van der Waals surface area contributed by atoms with Gasteiger partial charge in [-0.05, 0) is 30.3 Å². The minimum Gasteiger partial charge on any atom is -0.306 e. The van der Waals surface area contributed by atoms with Crippen LogP contribution >= 0.6 is 0 Å². The van der Waals surface area contributed by atoms with E-state index in [0.29, 0.717) is 5.82 Å². The summed E-state index contributed by atoms with van der Waals surface area (Å²) in [7, 11) is -3.48. The number of nitrogens with one attached hydrogen (secondary N) is 2. The normalized spacial score (nSPS) is 11.2. The molecule has 6 nitrogen and oxygen atoms in total. The molecule has 0 spiro atoms. The largest absolute Gasteiger partial charge is 0.306 e. The Morgan fingerprint density at radius 2 is 1.67 bits per heavy atom. The highest BCUT2D eigenvalue weighted by Crippen LogP contribution is 2.19. The fourth-order valence-electron chi connectivity index (χ4n) is 2.29. The molecular formula is C17H15N3O3S. The lowest BCUT2D eigenvalue weighted by Gasteiger charge is -2.11. The number of pyridine rings is 1. The van der Waals surface area contributed by atoms with Gasteiger partial charge in [0.25, 0.3) is 5.91 Å². The maximum Gasteiger partial charge on any atom is 0.258 e. The second-order valence-corrected chi connectivity index (χ2v) is 7.01. The molecule has 24 heavy (non-hydrogen) atoms. The summed E-state index contributed by atoms with van der Waals surface area (Å²) >= 11 is 0. The van der Waals surface area contributed by atoms with Gasteiger partial charge in [-0.25, -0.2) is 13.4 Å². The third-order valence-corrected chi connectivity index (χ3v) is 3.90. The van der Waals surface area contributed by atoms with Crippen LogP contribution in [0, 0.1) is 0 Å². The Morgan fingerprint density at radius 1 is 0.958 bits per heavy atom. The number of carbonyl (C=O) groups is 1. The summed E-state index contributed by atoms with van der Waals surface area (Å²) in [6.07, 6.45) is 1.03. The van der Waals surface area contributed by atoms with Crippen molar-refractivity contribution < 1.29 is 13.2 Å².